The summed E-state index contributed by atoms with van der Waals surface area (Å²) >= 11 is 0. The summed E-state index contributed by atoms with van der Waals surface area (Å²) in [6.07, 6.45) is 31.5. The van der Waals surface area contributed by atoms with Gasteiger partial charge in [0.05, 0.1) is 0 Å². The molecular formula is C50H88N4O8. The molecule has 0 N–H and O–H groups in total. The summed E-state index contributed by atoms with van der Waals surface area (Å²) in [5.41, 5.74) is 0. The third-order valence-electron chi connectivity index (χ3n) is 12.0. The molecule has 12 heteroatoms. The molecule has 0 aromatic heterocycles. The molecule has 4 rings (SSSR count). The van der Waals surface area contributed by atoms with Crippen LogP contribution in [0.25, 0.3) is 0 Å². The van der Waals surface area contributed by atoms with Gasteiger partial charge in [0.15, 0.2) is 0 Å². The molecule has 0 radical (unpaired) electrons. The second-order valence-electron chi connectivity index (χ2n) is 17.5. The van der Waals surface area contributed by atoms with Crippen LogP contribution < -0.4 is 0 Å². The van der Waals surface area contributed by atoms with Crippen LogP contribution in [0.3, 0.4) is 0 Å². The van der Waals surface area contributed by atoms with Crippen molar-refractivity contribution in [3.63, 3.8) is 0 Å². The minimum Gasteiger partial charge on any atom is -0.283 e. The Morgan fingerprint density at radius 3 is 0.823 bits per heavy atom. The molecule has 0 aliphatic carbocycles. The molecule has 12 nitrogen and oxygen atoms in total. The number of amides is 8. The summed E-state index contributed by atoms with van der Waals surface area (Å²) in [4.78, 5) is 99.5. The number of nitrogens with zero attached hydrogens (tertiary/aromatic N) is 4. The van der Waals surface area contributed by atoms with E-state index in [9.17, 15) is 38.4 Å². The van der Waals surface area contributed by atoms with Gasteiger partial charge in [0.25, 0.3) is 0 Å². The summed E-state index contributed by atoms with van der Waals surface area (Å²) in [5.74, 6) is 0.308. The van der Waals surface area contributed by atoms with Crippen molar-refractivity contribution in [2.45, 2.75) is 246 Å². The molecule has 0 unspecified atom stereocenters. The van der Waals surface area contributed by atoms with Gasteiger partial charge in [0, 0.05) is 77.5 Å². The third kappa shape index (κ3) is 25.6. The molecule has 0 atom stereocenters. The number of imide groups is 4. The molecule has 4 aliphatic heterocycles. The molecule has 4 fully saturated rings. The van der Waals surface area contributed by atoms with E-state index in [1.165, 1.54) is 51.7 Å². The van der Waals surface area contributed by atoms with Crippen LogP contribution in [0.4, 0.5) is 0 Å². The Morgan fingerprint density at radius 1 is 0.306 bits per heavy atom. The topological polar surface area (TPSA) is 150 Å². The van der Waals surface area contributed by atoms with Crippen LogP contribution in [0, 0.1) is 0 Å². The highest BCUT2D eigenvalue weighted by molar-refractivity contribution is 5.97. The number of hydrogen-bond acceptors (Lipinski definition) is 8. The van der Waals surface area contributed by atoms with Gasteiger partial charge in [-0.15, -0.1) is 0 Å². The number of unbranched alkanes of at least 4 members (excludes halogenated alkanes) is 10. The third-order valence-corrected chi connectivity index (χ3v) is 12.0. The quantitative estimate of drug-likeness (QED) is 0.124. The SMILES string of the molecule is CCCCC(=O)N1CCCCCC1=O.CCCCCC(=O)N1CCCCCC1=O.CCCCCCC(=O)N1CCCCCC1=O.CCCCCCCC(=O)N1CCCCCC1=O. The van der Waals surface area contributed by atoms with E-state index in [1.807, 2.05) is 0 Å². The van der Waals surface area contributed by atoms with Crippen molar-refractivity contribution in [3.05, 3.63) is 0 Å². The average molecular weight is 873 g/mol. The number of carbonyl (C=O) groups excluding carboxylic acids is 8. The van der Waals surface area contributed by atoms with Gasteiger partial charge in [-0.1, -0.05) is 118 Å². The zero-order valence-corrected chi connectivity index (χ0v) is 39.9. The lowest BCUT2D eigenvalue weighted by molar-refractivity contribution is -0.146. The molecule has 0 saturated carbocycles. The Hall–Kier alpha value is -3.44. The van der Waals surface area contributed by atoms with Crippen molar-refractivity contribution in [2.24, 2.45) is 0 Å². The summed E-state index contributed by atoms with van der Waals surface area (Å²) in [6, 6.07) is 0. The smallest absolute Gasteiger partial charge is 0.229 e. The highest BCUT2D eigenvalue weighted by atomic mass is 16.2. The molecule has 0 bridgehead atoms. The highest BCUT2D eigenvalue weighted by Crippen LogP contribution is 2.17. The number of likely N-dealkylation sites (tertiary alicyclic amines) is 4. The normalized spacial score (nSPS) is 17.5. The maximum Gasteiger partial charge on any atom is 0.229 e. The molecule has 356 valence electrons. The van der Waals surface area contributed by atoms with Crippen molar-refractivity contribution >= 4 is 47.3 Å². The minimum absolute atomic E-state index is 0.0266. The Labute approximate surface area is 376 Å². The number of hydrogen-bond donors (Lipinski definition) is 0. The van der Waals surface area contributed by atoms with E-state index in [0.29, 0.717) is 77.5 Å². The first kappa shape index (κ1) is 56.6. The van der Waals surface area contributed by atoms with Gasteiger partial charge in [0.1, 0.15) is 0 Å². The zero-order chi connectivity index (χ0) is 45.8. The molecule has 0 aromatic rings. The van der Waals surface area contributed by atoms with Crippen molar-refractivity contribution in [1.82, 2.24) is 19.6 Å². The van der Waals surface area contributed by atoms with Crippen LogP contribution in [0.1, 0.15) is 246 Å². The second kappa shape index (κ2) is 37.0. The van der Waals surface area contributed by atoms with Crippen LogP contribution in [-0.4, -0.2) is 93.0 Å². The Kier molecular flexibility index (Phi) is 33.7. The second-order valence-corrected chi connectivity index (χ2v) is 17.5. The molecule has 4 aliphatic rings. The molecule has 8 amide bonds. The van der Waals surface area contributed by atoms with Crippen molar-refractivity contribution < 1.29 is 38.4 Å². The Bertz CT molecular complexity index is 1320. The molecule has 0 spiro atoms. The average Bonchev–Trinajstić information content (AvgIpc) is 3.81. The van der Waals surface area contributed by atoms with Gasteiger partial charge in [-0.3, -0.25) is 58.0 Å². The fraction of sp³-hybridized carbons (Fsp3) is 0.840. The van der Waals surface area contributed by atoms with Crippen LogP contribution >= 0.6 is 0 Å². The maximum absolute atomic E-state index is 11.9. The lowest BCUT2D eigenvalue weighted by Crippen LogP contribution is -2.36. The van der Waals surface area contributed by atoms with E-state index < -0.39 is 0 Å². The van der Waals surface area contributed by atoms with E-state index in [0.717, 1.165) is 135 Å². The predicted octanol–water partition coefficient (Wildman–Crippen LogP) is 10.8. The van der Waals surface area contributed by atoms with Crippen molar-refractivity contribution in [3.8, 4) is 0 Å². The van der Waals surface area contributed by atoms with E-state index in [1.54, 1.807) is 0 Å². The molecular weight excluding hydrogens is 785 g/mol. The number of rotatable bonds is 18. The minimum atomic E-state index is 0.0266. The van der Waals surface area contributed by atoms with Crippen molar-refractivity contribution in [1.29, 1.82) is 0 Å². The number of carbonyl (C=O) groups is 8. The Balaban J connectivity index is 0.000000414. The highest BCUT2D eigenvalue weighted by Gasteiger charge is 2.25. The van der Waals surface area contributed by atoms with E-state index in [2.05, 4.69) is 27.7 Å². The standard InChI is InChI=1S/C14H25NO2.C13H23NO2.C12H21NO2.C11H19NO2/c1-2-3-4-5-7-10-13(16)15-12-9-6-8-11-14(15)17;1-2-3-4-6-9-12(15)14-11-8-5-7-10-13(14)16;1-2-3-5-8-11(14)13-10-7-4-6-9-12(13)15;1-2-3-7-10(13)12-9-6-4-5-8-11(12)14/h2-12H2,1H3;2-11H2,1H3;2-10H2,1H3;2-9H2,1H3. The van der Waals surface area contributed by atoms with Gasteiger partial charge in [-0.25, -0.2) is 0 Å². The lowest BCUT2D eigenvalue weighted by Gasteiger charge is -2.18. The maximum atomic E-state index is 11.9. The summed E-state index contributed by atoms with van der Waals surface area (Å²) in [7, 11) is 0. The van der Waals surface area contributed by atoms with Gasteiger partial charge >= 0.3 is 0 Å². The summed E-state index contributed by atoms with van der Waals surface area (Å²) < 4.78 is 0. The van der Waals surface area contributed by atoms with Crippen molar-refractivity contribution in [2.75, 3.05) is 26.2 Å². The summed E-state index contributed by atoms with van der Waals surface area (Å²) in [6.45, 7) is 11.1. The van der Waals surface area contributed by atoms with Crippen LogP contribution in [-0.2, 0) is 38.4 Å². The van der Waals surface area contributed by atoms with Crippen LogP contribution in [0.2, 0.25) is 0 Å². The first-order valence-corrected chi connectivity index (χ1v) is 25.3. The molecule has 4 heterocycles. The van der Waals surface area contributed by atoms with Crippen LogP contribution in [0.15, 0.2) is 0 Å². The largest absolute Gasteiger partial charge is 0.283 e. The predicted molar refractivity (Wildman–Crippen MR) is 247 cm³/mol. The fourth-order valence-corrected chi connectivity index (χ4v) is 7.96. The van der Waals surface area contributed by atoms with E-state index in [4.69, 9.17) is 0 Å². The van der Waals surface area contributed by atoms with Gasteiger partial charge in [-0.2, -0.15) is 0 Å². The molecule has 62 heavy (non-hydrogen) atoms. The van der Waals surface area contributed by atoms with Crippen LogP contribution in [0.5, 0.6) is 0 Å². The zero-order valence-electron chi connectivity index (χ0n) is 39.9. The monoisotopic (exact) mass is 873 g/mol. The first-order valence-electron chi connectivity index (χ1n) is 25.3. The van der Waals surface area contributed by atoms with Gasteiger partial charge in [-0.05, 0) is 77.0 Å². The van der Waals surface area contributed by atoms with E-state index >= 15 is 0 Å². The molecule has 4 saturated heterocycles. The van der Waals surface area contributed by atoms with E-state index in [-0.39, 0.29) is 47.3 Å². The van der Waals surface area contributed by atoms with Gasteiger partial charge < -0.3 is 0 Å². The first-order chi connectivity index (χ1) is 30.0. The lowest BCUT2D eigenvalue weighted by atomic mass is 10.1. The molecule has 0 aromatic carbocycles. The summed E-state index contributed by atoms with van der Waals surface area (Å²) in [5, 5.41) is 0. The fourth-order valence-electron chi connectivity index (χ4n) is 7.96. The Morgan fingerprint density at radius 2 is 0.532 bits per heavy atom. The van der Waals surface area contributed by atoms with Gasteiger partial charge in [0.2, 0.25) is 47.3 Å².